The lowest BCUT2D eigenvalue weighted by Crippen LogP contribution is -2.39. The summed E-state index contributed by atoms with van der Waals surface area (Å²) in [5.74, 6) is 0. The predicted octanol–water partition coefficient (Wildman–Crippen LogP) is 1.97. The summed E-state index contributed by atoms with van der Waals surface area (Å²) in [5, 5.41) is 18.6. The van der Waals surface area contributed by atoms with Crippen LogP contribution >= 0.6 is 0 Å². The number of halogens is 3. The summed E-state index contributed by atoms with van der Waals surface area (Å²) in [6.45, 7) is 2.50. The van der Waals surface area contributed by atoms with Crippen molar-refractivity contribution in [3.8, 4) is 6.07 Å². The second-order valence-corrected chi connectivity index (χ2v) is 7.41. The molecule has 22 heavy (non-hydrogen) atoms. The minimum Gasteiger partial charge on any atom is -0.389 e. The van der Waals surface area contributed by atoms with Gasteiger partial charge in [-0.2, -0.15) is 22.7 Å². The highest BCUT2D eigenvalue weighted by atomic mass is 32.2. The van der Waals surface area contributed by atoms with E-state index in [-0.39, 0.29) is 6.54 Å². The lowest BCUT2D eigenvalue weighted by Gasteiger charge is -2.25. The van der Waals surface area contributed by atoms with Crippen molar-refractivity contribution >= 4 is 10.0 Å². The van der Waals surface area contributed by atoms with Gasteiger partial charge in [0.1, 0.15) is 6.07 Å². The van der Waals surface area contributed by atoms with Gasteiger partial charge in [-0.3, -0.25) is 0 Å². The summed E-state index contributed by atoms with van der Waals surface area (Å²) < 4.78 is 63.3. The van der Waals surface area contributed by atoms with Crippen LogP contribution in [0.1, 0.15) is 25.0 Å². The molecule has 0 aliphatic rings. The highest BCUT2D eigenvalue weighted by Crippen LogP contribution is 2.32. The number of hydrogen-bond donors (Lipinski definition) is 1. The average molecular weight is 336 g/mol. The zero-order valence-electron chi connectivity index (χ0n) is 12.1. The molecule has 5 nitrogen and oxygen atoms in total. The van der Waals surface area contributed by atoms with Crippen molar-refractivity contribution in [2.75, 3.05) is 13.6 Å². The van der Waals surface area contributed by atoms with Gasteiger partial charge >= 0.3 is 6.18 Å². The molecule has 0 saturated carbocycles. The molecule has 0 amide bonds. The van der Waals surface area contributed by atoms with Crippen LogP contribution in [0.3, 0.4) is 0 Å². The molecular weight excluding hydrogens is 321 g/mol. The highest BCUT2D eigenvalue weighted by molar-refractivity contribution is 7.89. The largest absolute Gasteiger partial charge is 0.416 e. The standard InChI is InChI=1S/C13H15F3N2O3S/c1-12(2,19)8-18(3)22(20,21)11-5-4-10(13(14,15)16)6-9(11)7-17/h4-6,19H,8H2,1-3H3. The van der Waals surface area contributed by atoms with Gasteiger partial charge in [-0.05, 0) is 32.0 Å². The van der Waals surface area contributed by atoms with Crippen LogP contribution < -0.4 is 0 Å². The van der Waals surface area contributed by atoms with Crippen LogP contribution in [0.25, 0.3) is 0 Å². The van der Waals surface area contributed by atoms with Crippen molar-refractivity contribution in [3.05, 3.63) is 29.3 Å². The Kier molecular flexibility index (Phi) is 4.91. The number of likely N-dealkylation sites (N-methyl/N-ethyl adjacent to an activating group) is 1. The third kappa shape index (κ3) is 4.19. The van der Waals surface area contributed by atoms with Crippen molar-refractivity contribution in [2.45, 2.75) is 30.5 Å². The molecule has 1 rings (SSSR count). The van der Waals surface area contributed by atoms with Crippen molar-refractivity contribution in [3.63, 3.8) is 0 Å². The summed E-state index contributed by atoms with van der Waals surface area (Å²) in [4.78, 5) is -0.533. The number of rotatable bonds is 4. The van der Waals surface area contributed by atoms with E-state index < -0.39 is 37.8 Å². The summed E-state index contributed by atoms with van der Waals surface area (Å²) in [6.07, 6.45) is -4.67. The first-order chi connectivity index (χ1) is 9.79. The van der Waals surface area contributed by atoms with Crippen molar-refractivity contribution in [1.29, 1.82) is 5.26 Å². The third-order valence-corrected chi connectivity index (χ3v) is 4.59. The summed E-state index contributed by atoms with van der Waals surface area (Å²) in [6, 6.07) is 3.30. The molecule has 0 heterocycles. The zero-order valence-corrected chi connectivity index (χ0v) is 13.0. The number of nitrogens with zero attached hydrogens (tertiary/aromatic N) is 2. The number of nitriles is 1. The summed E-state index contributed by atoms with van der Waals surface area (Å²) >= 11 is 0. The Bertz CT molecular complexity index is 701. The fourth-order valence-corrected chi connectivity index (χ4v) is 3.26. The summed E-state index contributed by atoms with van der Waals surface area (Å²) in [5.41, 5.74) is -3.04. The zero-order chi connectivity index (χ0) is 17.3. The molecule has 122 valence electrons. The quantitative estimate of drug-likeness (QED) is 0.911. The molecule has 0 atom stereocenters. The molecule has 0 fully saturated rings. The number of alkyl halides is 3. The molecule has 0 aromatic heterocycles. The minimum atomic E-state index is -4.67. The maximum Gasteiger partial charge on any atom is 0.416 e. The Morgan fingerprint density at radius 1 is 1.32 bits per heavy atom. The van der Waals surface area contributed by atoms with Crippen LogP contribution in [0.2, 0.25) is 0 Å². The van der Waals surface area contributed by atoms with Crippen LogP contribution in [-0.2, 0) is 16.2 Å². The van der Waals surface area contributed by atoms with Gasteiger partial charge in [-0.15, -0.1) is 0 Å². The first kappa shape index (κ1) is 18.4. The average Bonchev–Trinajstić information content (AvgIpc) is 2.34. The topological polar surface area (TPSA) is 81.4 Å². The SMILES string of the molecule is CN(CC(C)(C)O)S(=O)(=O)c1ccc(C(F)(F)F)cc1C#N. The van der Waals surface area contributed by atoms with Crippen molar-refractivity contribution < 1.29 is 26.7 Å². The Balaban J connectivity index is 3.35. The Hall–Kier alpha value is -1.63. The van der Waals surface area contributed by atoms with E-state index in [9.17, 15) is 26.7 Å². The van der Waals surface area contributed by atoms with Crippen molar-refractivity contribution in [1.82, 2.24) is 4.31 Å². The molecule has 0 aliphatic carbocycles. The number of hydrogen-bond acceptors (Lipinski definition) is 4. The van der Waals surface area contributed by atoms with E-state index in [1.807, 2.05) is 0 Å². The lowest BCUT2D eigenvalue weighted by atomic mass is 10.1. The summed E-state index contributed by atoms with van der Waals surface area (Å²) in [7, 11) is -3.02. The van der Waals surface area contributed by atoms with Crippen LogP contribution in [0.15, 0.2) is 23.1 Å². The van der Waals surface area contributed by atoms with Gasteiger partial charge in [0.15, 0.2) is 0 Å². The third-order valence-electron chi connectivity index (χ3n) is 2.73. The van der Waals surface area contributed by atoms with Gasteiger partial charge < -0.3 is 5.11 Å². The van der Waals surface area contributed by atoms with Gasteiger partial charge in [0, 0.05) is 13.6 Å². The Morgan fingerprint density at radius 2 is 1.86 bits per heavy atom. The van der Waals surface area contributed by atoms with Gasteiger partial charge in [-0.1, -0.05) is 0 Å². The second kappa shape index (κ2) is 5.87. The van der Waals surface area contributed by atoms with E-state index in [0.29, 0.717) is 12.1 Å². The van der Waals surface area contributed by atoms with Crippen LogP contribution in [-0.4, -0.2) is 37.0 Å². The first-order valence-corrected chi connectivity index (χ1v) is 7.53. The van der Waals surface area contributed by atoms with E-state index in [0.717, 1.165) is 10.4 Å². The maximum atomic E-state index is 12.6. The molecule has 1 aromatic carbocycles. The van der Waals surface area contributed by atoms with Gasteiger partial charge in [0.2, 0.25) is 10.0 Å². The van der Waals surface area contributed by atoms with Crippen LogP contribution in [0.4, 0.5) is 13.2 Å². The fourth-order valence-electron chi connectivity index (χ4n) is 1.82. The monoisotopic (exact) mass is 336 g/mol. The van der Waals surface area contributed by atoms with Gasteiger partial charge in [0.05, 0.1) is 21.6 Å². The van der Waals surface area contributed by atoms with E-state index in [2.05, 4.69) is 0 Å². The molecular formula is C13H15F3N2O3S. The highest BCUT2D eigenvalue weighted by Gasteiger charge is 2.34. The van der Waals surface area contributed by atoms with E-state index in [1.54, 1.807) is 0 Å². The minimum absolute atomic E-state index is 0.277. The van der Waals surface area contributed by atoms with Crippen LogP contribution in [0, 0.1) is 11.3 Å². The molecule has 0 radical (unpaired) electrons. The smallest absolute Gasteiger partial charge is 0.389 e. The number of sulfonamides is 1. The molecule has 1 aromatic rings. The molecule has 0 saturated heterocycles. The molecule has 0 spiro atoms. The second-order valence-electron chi connectivity index (χ2n) is 5.39. The maximum absolute atomic E-state index is 12.6. The Labute approximate surface area is 126 Å². The lowest BCUT2D eigenvalue weighted by molar-refractivity contribution is -0.137. The first-order valence-electron chi connectivity index (χ1n) is 6.09. The van der Waals surface area contributed by atoms with Crippen LogP contribution in [0.5, 0.6) is 0 Å². The van der Waals surface area contributed by atoms with E-state index in [1.165, 1.54) is 27.0 Å². The number of aliphatic hydroxyl groups is 1. The normalized spacial score (nSPS) is 13.2. The molecule has 0 aliphatic heterocycles. The fraction of sp³-hybridized carbons (Fsp3) is 0.462. The Morgan fingerprint density at radius 3 is 2.27 bits per heavy atom. The van der Waals surface area contributed by atoms with Gasteiger partial charge in [0.25, 0.3) is 0 Å². The molecule has 1 N–H and O–H groups in total. The van der Waals surface area contributed by atoms with E-state index in [4.69, 9.17) is 5.26 Å². The molecule has 0 bridgehead atoms. The van der Waals surface area contributed by atoms with Gasteiger partial charge in [-0.25, -0.2) is 8.42 Å². The predicted molar refractivity (Wildman–Crippen MR) is 72.3 cm³/mol. The number of benzene rings is 1. The molecule has 0 unspecified atom stereocenters. The van der Waals surface area contributed by atoms with E-state index >= 15 is 0 Å². The van der Waals surface area contributed by atoms with Crippen molar-refractivity contribution in [2.24, 2.45) is 0 Å². The molecule has 9 heteroatoms.